The molecule has 2 nitrogen and oxygen atoms in total. The van der Waals surface area contributed by atoms with Crippen molar-refractivity contribution in [2.45, 2.75) is 39.2 Å². The van der Waals surface area contributed by atoms with Crippen molar-refractivity contribution < 1.29 is 4.74 Å². The Balaban J connectivity index is 1.69. The highest BCUT2D eigenvalue weighted by atomic mass is 16.5. The van der Waals surface area contributed by atoms with Crippen LogP contribution in [0.5, 0.6) is 5.75 Å². The van der Waals surface area contributed by atoms with Gasteiger partial charge in [-0.15, -0.1) is 0 Å². The molecule has 0 heterocycles. The zero-order valence-electron chi connectivity index (χ0n) is 10.7. The highest BCUT2D eigenvalue weighted by Crippen LogP contribution is 2.33. The maximum absolute atomic E-state index is 5.60. The van der Waals surface area contributed by atoms with Gasteiger partial charge >= 0.3 is 0 Å². The SMILES string of the molecule is CCOc1ccccc1CNCCCC1CC1. The molecule has 1 aliphatic rings. The molecule has 0 amide bonds. The zero-order chi connectivity index (χ0) is 11.9. The van der Waals surface area contributed by atoms with Crippen LogP contribution in [0.25, 0.3) is 0 Å². The van der Waals surface area contributed by atoms with Crippen LogP contribution in [0.4, 0.5) is 0 Å². The Morgan fingerprint density at radius 3 is 2.88 bits per heavy atom. The van der Waals surface area contributed by atoms with Crippen molar-refractivity contribution in [1.82, 2.24) is 5.32 Å². The summed E-state index contributed by atoms with van der Waals surface area (Å²) in [5.74, 6) is 2.07. The van der Waals surface area contributed by atoms with E-state index in [2.05, 4.69) is 17.4 Å². The molecule has 94 valence electrons. The van der Waals surface area contributed by atoms with E-state index < -0.39 is 0 Å². The molecule has 17 heavy (non-hydrogen) atoms. The van der Waals surface area contributed by atoms with Crippen molar-refractivity contribution in [1.29, 1.82) is 0 Å². The topological polar surface area (TPSA) is 21.3 Å². The minimum atomic E-state index is 0.735. The minimum absolute atomic E-state index is 0.735. The van der Waals surface area contributed by atoms with Gasteiger partial charge in [0.15, 0.2) is 0 Å². The number of para-hydroxylation sites is 1. The summed E-state index contributed by atoms with van der Waals surface area (Å²) in [4.78, 5) is 0. The molecule has 0 atom stereocenters. The molecule has 0 unspecified atom stereocenters. The molecule has 1 N–H and O–H groups in total. The van der Waals surface area contributed by atoms with Crippen LogP contribution in [0.15, 0.2) is 24.3 Å². The van der Waals surface area contributed by atoms with Crippen LogP contribution in [-0.2, 0) is 6.54 Å². The van der Waals surface area contributed by atoms with Gasteiger partial charge in [-0.1, -0.05) is 31.0 Å². The van der Waals surface area contributed by atoms with E-state index in [0.29, 0.717) is 0 Å². The average molecular weight is 233 g/mol. The summed E-state index contributed by atoms with van der Waals surface area (Å²) < 4.78 is 5.60. The van der Waals surface area contributed by atoms with Gasteiger partial charge in [0.2, 0.25) is 0 Å². The summed E-state index contributed by atoms with van der Waals surface area (Å²) in [6, 6.07) is 8.29. The molecule has 1 aromatic carbocycles. The molecular formula is C15H23NO. The van der Waals surface area contributed by atoms with Crippen molar-refractivity contribution >= 4 is 0 Å². The summed E-state index contributed by atoms with van der Waals surface area (Å²) >= 11 is 0. The van der Waals surface area contributed by atoms with E-state index in [4.69, 9.17) is 4.74 Å². The van der Waals surface area contributed by atoms with E-state index in [9.17, 15) is 0 Å². The third-order valence-electron chi connectivity index (χ3n) is 3.25. The molecule has 1 aliphatic carbocycles. The van der Waals surface area contributed by atoms with Gasteiger partial charge in [-0.25, -0.2) is 0 Å². The fourth-order valence-corrected chi connectivity index (χ4v) is 2.09. The molecule has 2 heteroatoms. The maximum Gasteiger partial charge on any atom is 0.123 e. The lowest BCUT2D eigenvalue weighted by atomic mass is 10.2. The average Bonchev–Trinajstić information content (AvgIpc) is 3.15. The lowest BCUT2D eigenvalue weighted by Gasteiger charge is -2.10. The first kappa shape index (κ1) is 12.4. The van der Waals surface area contributed by atoms with E-state index in [1.165, 1.54) is 31.2 Å². The van der Waals surface area contributed by atoms with Gasteiger partial charge in [0.1, 0.15) is 5.75 Å². The number of benzene rings is 1. The van der Waals surface area contributed by atoms with E-state index in [0.717, 1.165) is 31.4 Å². The predicted molar refractivity (Wildman–Crippen MR) is 71.3 cm³/mol. The predicted octanol–water partition coefficient (Wildman–Crippen LogP) is 3.37. The third-order valence-corrected chi connectivity index (χ3v) is 3.25. The van der Waals surface area contributed by atoms with Crippen LogP contribution < -0.4 is 10.1 Å². The number of hydrogen-bond acceptors (Lipinski definition) is 2. The minimum Gasteiger partial charge on any atom is -0.494 e. The molecule has 0 radical (unpaired) electrons. The van der Waals surface area contributed by atoms with Gasteiger partial charge in [-0.3, -0.25) is 0 Å². The summed E-state index contributed by atoms with van der Waals surface area (Å²) in [6.07, 6.45) is 5.64. The molecule has 0 saturated heterocycles. The van der Waals surface area contributed by atoms with Crippen LogP contribution in [0, 0.1) is 5.92 Å². The molecule has 0 spiro atoms. The second-order valence-corrected chi connectivity index (χ2v) is 4.80. The highest BCUT2D eigenvalue weighted by molar-refractivity contribution is 5.33. The van der Waals surface area contributed by atoms with Crippen LogP contribution in [0.2, 0.25) is 0 Å². The van der Waals surface area contributed by atoms with E-state index in [1.807, 2.05) is 19.1 Å². The monoisotopic (exact) mass is 233 g/mol. The highest BCUT2D eigenvalue weighted by Gasteiger charge is 2.19. The van der Waals surface area contributed by atoms with Gasteiger partial charge in [0, 0.05) is 12.1 Å². The van der Waals surface area contributed by atoms with Crippen LogP contribution >= 0.6 is 0 Å². The zero-order valence-corrected chi connectivity index (χ0v) is 10.7. The fraction of sp³-hybridized carbons (Fsp3) is 0.600. The molecular weight excluding hydrogens is 210 g/mol. The molecule has 1 saturated carbocycles. The van der Waals surface area contributed by atoms with Gasteiger partial charge in [0.05, 0.1) is 6.61 Å². The number of hydrogen-bond donors (Lipinski definition) is 1. The summed E-state index contributed by atoms with van der Waals surface area (Å²) in [5, 5.41) is 3.50. The first-order valence-electron chi connectivity index (χ1n) is 6.81. The van der Waals surface area contributed by atoms with Gasteiger partial charge in [0.25, 0.3) is 0 Å². The second kappa shape index (κ2) is 6.65. The van der Waals surface area contributed by atoms with Crippen molar-refractivity contribution in [3.8, 4) is 5.75 Å². The quantitative estimate of drug-likeness (QED) is 0.695. The third kappa shape index (κ3) is 4.39. The number of ether oxygens (including phenoxy) is 1. The molecule has 2 rings (SSSR count). The Bertz CT molecular complexity index is 333. The van der Waals surface area contributed by atoms with E-state index in [-0.39, 0.29) is 0 Å². The van der Waals surface area contributed by atoms with E-state index in [1.54, 1.807) is 0 Å². The lowest BCUT2D eigenvalue weighted by Crippen LogP contribution is -2.15. The van der Waals surface area contributed by atoms with E-state index >= 15 is 0 Å². The van der Waals surface area contributed by atoms with Gasteiger partial charge < -0.3 is 10.1 Å². The molecule has 1 fully saturated rings. The normalized spacial score (nSPS) is 14.9. The van der Waals surface area contributed by atoms with Gasteiger partial charge in [-0.05, 0) is 38.3 Å². The summed E-state index contributed by atoms with van der Waals surface area (Å²) in [7, 11) is 0. The number of nitrogens with one attached hydrogen (secondary N) is 1. The van der Waals surface area contributed by atoms with Crippen molar-refractivity contribution in [2.24, 2.45) is 5.92 Å². The maximum atomic E-state index is 5.60. The van der Waals surface area contributed by atoms with Crippen molar-refractivity contribution in [2.75, 3.05) is 13.2 Å². The summed E-state index contributed by atoms with van der Waals surface area (Å²) in [6.45, 7) is 4.80. The number of rotatable bonds is 8. The molecule has 0 bridgehead atoms. The smallest absolute Gasteiger partial charge is 0.123 e. The largest absolute Gasteiger partial charge is 0.494 e. The summed E-state index contributed by atoms with van der Waals surface area (Å²) in [5.41, 5.74) is 1.26. The fourth-order valence-electron chi connectivity index (χ4n) is 2.09. The Kier molecular flexibility index (Phi) is 4.87. The molecule has 0 aromatic heterocycles. The van der Waals surface area contributed by atoms with Crippen LogP contribution in [-0.4, -0.2) is 13.2 Å². The van der Waals surface area contributed by atoms with Crippen molar-refractivity contribution in [3.05, 3.63) is 29.8 Å². The van der Waals surface area contributed by atoms with Gasteiger partial charge in [-0.2, -0.15) is 0 Å². The lowest BCUT2D eigenvalue weighted by molar-refractivity contribution is 0.335. The Morgan fingerprint density at radius 1 is 1.29 bits per heavy atom. The Morgan fingerprint density at radius 2 is 2.12 bits per heavy atom. The van der Waals surface area contributed by atoms with Crippen LogP contribution in [0.1, 0.15) is 38.2 Å². The molecule has 0 aliphatic heterocycles. The molecule has 1 aromatic rings. The first-order chi connectivity index (χ1) is 8.40. The second-order valence-electron chi connectivity index (χ2n) is 4.80. The standard InChI is InChI=1S/C15H23NO/c1-2-17-15-8-4-3-7-14(15)12-16-11-5-6-13-9-10-13/h3-4,7-8,13,16H,2,5-6,9-12H2,1H3. The van der Waals surface area contributed by atoms with Crippen molar-refractivity contribution in [3.63, 3.8) is 0 Å². The Labute approximate surface area is 104 Å². The Hall–Kier alpha value is -1.02. The van der Waals surface area contributed by atoms with Crippen LogP contribution in [0.3, 0.4) is 0 Å². The first-order valence-corrected chi connectivity index (χ1v) is 6.81.